The quantitative estimate of drug-likeness (QED) is 0.604. The number of rotatable bonds is 6. The molecule has 126 valence electrons. The highest BCUT2D eigenvalue weighted by molar-refractivity contribution is 5.99. The second-order valence-electron chi connectivity index (χ2n) is 5.09. The first-order chi connectivity index (χ1) is 11.5. The number of benzene rings is 2. The summed E-state index contributed by atoms with van der Waals surface area (Å²) in [5.74, 6) is -0.546. The number of carboxylic acid groups (broad SMARTS) is 1. The average molecular weight is 329 g/mol. The van der Waals surface area contributed by atoms with Crippen LogP contribution >= 0.6 is 0 Å². The molecule has 2 rings (SSSR count). The molecule has 2 amide bonds. The Hall–Kier alpha value is -3.06. The third-order valence-corrected chi connectivity index (χ3v) is 3.48. The molecule has 1 atom stereocenters. The summed E-state index contributed by atoms with van der Waals surface area (Å²) in [7, 11) is 0. The first-order valence-electron chi connectivity index (χ1n) is 7.35. The van der Waals surface area contributed by atoms with Crippen molar-refractivity contribution in [3.8, 4) is 0 Å². The molecule has 0 aliphatic heterocycles. The lowest BCUT2D eigenvalue weighted by atomic mass is 10.0. The maximum atomic E-state index is 12.7. The van der Waals surface area contributed by atoms with Crippen molar-refractivity contribution in [2.75, 3.05) is 24.2 Å². The number of anilines is 2. The van der Waals surface area contributed by atoms with Crippen LogP contribution in [0, 0.1) is 0 Å². The number of nitrogens with one attached hydrogen (secondary N) is 1. The molecule has 0 saturated heterocycles. The summed E-state index contributed by atoms with van der Waals surface area (Å²) in [6, 6.07) is 14.1. The van der Waals surface area contributed by atoms with Crippen molar-refractivity contribution in [1.29, 1.82) is 0 Å². The van der Waals surface area contributed by atoms with E-state index in [0.29, 0.717) is 16.9 Å². The first-order valence-corrected chi connectivity index (χ1v) is 7.35. The fraction of sp³-hybridized carbons (Fsp3) is 0.176. The molecule has 0 aliphatic rings. The minimum Gasteiger partial charge on any atom is -0.465 e. The van der Waals surface area contributed by atoms with Gasteiger partial charge in [-0.15, -0.1) is 0 Å². The summed E-state index contributed by atoms with van der Waals surface area (Å²) in [6.45, 7) is -0.580. The van der Waals surface area contributed by atoms with Gasteiger partial charge in [0.2, 0.25) is 0 Å². The van der Waals surface area contributed by atoms with E-state index < -0.39 is 24.6 Å². The van der Waals surface area contributed by atoms with Crippen LogP contribution in [0.5, 0.6) is 0 Å². The summed E-state index contributed by atoms with van der Waals surface area (Å²) in [5.41, 5.74) is 7.10. The number of carbonyl (C=O) groups is 2. The van der Waals surface area contributed by atoms with Gasteiger partial charge in [0.25, 0.3) is 5.91 Å². The average Bonchev–Trinajstić information content (AvgIpc) is 2.57. The fourth-order valence-corrected chi connectivity index (χ4v) is 2.36. The van der Waals surface area contributed by atoms with Crippen molar-refractivity contribution < 1.29 is 19.8 Å². The highest BCUT2D eigenvalue weighted by Crippen LogP contribution is 2.25. The molecule has 2 aromatic rings. The summed E-state index contributed by atoms with van der Waals surface area (Å²) in [4.78, 5) is 25.2. The molecule has 5 N–H and O–H groups in total. The van der Waals surface area contributed by atoms with Crippen molar-refractivity contribution in [3.63, 3.8) is 0 Å². The second-order valence-corrected chi connectivity index (χ2v) is 5.09. The number of hydrogen-bond donors (Lipinski definition) is 4. The maximum absolute atomic E-state index is 12.7. The van der Waals surface area contributed by atoms with Crippen molar-refractivity contribution in [2.24, 2.45) is 0 Å². The van der Waals surface area contributed by atoms with Gasteiger partial charge < -0.3 is 21.3 Å². The summed E-state index contributed by atoms with van der Waals surface area (Å²) >= 11 is 0. The SMILES string of the molecule is Nc1ccccc1NC(=O)C(c1ccccc1)N(CCO)C(=O)O. The number of carbonyl (C=O) groups excluding carboxylic acids is 1. The van der Waals surface area contributed by atoms with Crippen molar-refractivity contribution in [1.82, 2.24) is 4.90 Å². The number of aliphatic hydroxyl groups excluding tert-OH is 1. The highest BCUT2D eigenvalue weighted by atomic mass is 16.4. The molecular weight excluding hydrogens is 310 g/mol. The van der Waals surface area contributed by atoms with Crippen LogP contribution in [0.15, 0.2) is 54.6 Å². The van der Waals surface area contributed by atoms with Crippen LogP contribution in [0.2, 0.25) is 0 Å². The number of hydrogen-bond acceptors (Lipinski definition) is 4. The van der Waals surface area contributed by atoms with E-state index >= 15 is 0 Å². The molecular formula is C17H19N3O4. The summed E-state index contributed by atoms with van der Waals surface area (Å²) in [5, 5.41) is 21.2. The van der Waals surface area contributed by atoms with Gasteiger partial charge in [0.05, 0.1) is 18.0 Å². The molecule has 24 heavy (non-hydrogen) atoms. The standard InChI is InChI=1S/C17H19N3O4/c18-13-8-4-5-9-14(13)19-16(22)15(12-6-2-1-3-7-12)20(10-11-21)17(23)24/h1-9,15,21H,10-11,18H2,(H,19,22)(H,23,24). The third-order valence-electron chi connectivity index (χ3n) is 3.48. The Bertz CT molecular complexity index is 706. The van der Waals surface area contributed by atoms with Gasteiger partial charge in [-0.1, -0.05) is 42.5 Å². The third kappa shape index (κ3) is 4.02. The van der Waals surface area contributed by atoms with E-state index in [-0.39, 0.29) is 6.54 Å². The zero-order valence-corrected chi connectivity index (χ0v) is 12.9. The van der Waals surface area contributed by atoms with Crippen molar-refractivity contribution in [3.05, 3.63) is 60.2 Å². The lowest BCUT2D eigenvalue weighted by Crippen LogP contribution is -2.42. The monoisotopic (exact) mass is 329 g/mol. The molecule has 0 aromatic heterocycles. The number of nitrogens with two attached hydrogens (primary N) is 1. The molecule has 7 heteroatoms. The van der Waals surface area contributed by atoms with Crippen LogP contribution in [0.3, 0.4) is 0 Å². The van der Waals surface area contributed by atoms with E-state index in [2.05, 4.69) is 5.32 Å². The van der Waals surface area contributed by atoms with Crippen molar-refractivity contribution >= 4 is 23.4 Å². The zero-order valence-electron chi connectivity index (χ0n) is 12.9. The Morgan fingerprint density at radius 1 is 1.08 bits per heavy atom. The summed E-state index contributed by atoms with van der Waals surface area (Å²) in [6.07, 6.45) is -1.30. The summed E-state index contributed by atoms with van der Waals surface area (Å²) < 4.78 is 0. The van der Waals surface area contributed by atoms with E-state index in [4.69, 9.17) is 10.8 Å². The van der Waals surface area contributed by atoms with Gasteiger partial charge in [0.1, 0.15) is 6.04 Å². The highest BCUT2D eigenvalue weighted by Gasteiger charge is 2.31. The number of aliphatic hydroxyl groups is 1. The van der Waals surface area contributed by atoms with Crippen LogP contribution < -0.4 is 11.1 Å². The second kappa shape index (κ2) is 7.98. The fourth-order valence-electron chi connectivity index (χ4n) is 2.36. The number of nitrogens with zero attached hydrogens (tertiary/aromatic N) is 1. The largest absolute Gasteiger partial charge is 0.465 e. The normalized spacial score (nSPS) is 11.5. The molecule has 0 heterocycles. The maximum Gasteiger partial charge on any atom is 0.408 e. The molecule has 0 spiro atoms. The molecule has 0 fully saturated rings. The Balaban J connectivity index is 2.36. The van der Waals surface area contributed by atoms with Crippen LogP contribution in [0.4, 0.5) is 16.2 Å². The molecule has 0 saturated carbocycles. The van der Waals surface area contributed by atoms with Crippen LogP contribution in [-0.2, 0) is 4.79 Å². The van der Waals surface area contributed by atoms with Gasteiger partial charge in [0.15, 0.2) is 0 Å². The Morgan fingerprint density at radius 3 is 2.29 bits per heavy atom. The van der Waals surface area contributed by atoms with Gasteiger partial charge in [-0.3, -0.25) is 9.69 Å². The van der Waals surface area contributed by atoms with Gasteiger partial charge in [0, 0.05) is 6.54 Å². The van der Waals surface area contributed by atoms with Crippen LogP contribution in [0.1, 0.15) is 11.6 Å². The number of amides is 2. The Morgan fingerprint density at radius 2 is 1.71 bits per heavy atom. The predicted molar refractivity (Wildman–Crippen MR) is 90.5 cm³/mol. The van der Waals surface area contributed by atoms with E-state index in [9.17, 15) is 14.7 Å². The molecule has 0 radical (unpaired) electrons. The molecule has 0 bridgehead atoms. The Labute approximate surface area is 139 Å². The van der Waals surface area contributed by atoms with E-state index in [1.54, 1.807) is 54.6 Å². The van der Waals surface area contributed by atoms with Crippen LogP contribution in [0.25, 0.3) is 0 Å². The lowest BCUT2D eigenvalue weighted by Gasteiger charge is -2.28. The number of nitrogen functional groups attached to an aromatic ring is 1. The predicted octanol–water partition coefficient (Wildman–Crippen LogP) is 1.92. The molecule has 0 aliphatic carbocycles. The van der Waals surface area contributed by atoms with E-state index in [0.717, 1.165) is 4.90 Å². The van der Waals surface area contributed by atoms with Crippen LogP contribution in [-0.4, -0.2) is 40.3 Å². The molecule has 2 aromatic carbocycles. The molecule has 1 unspecified atom stereocenters. The van der Waals surface area contributed by atoms with Crippen molar-refractivity contribution in [2.45, 2.75) is 6.04 Å². The minimum atomic E-state index is -1.30. The Kier molecular flexibility index (Phi) is 5.75. The van der Waals surface area contributed by atoms with Gasteiger partial charge in [-0.25, -0.2) is 4.79 Å². The van der Waals surface area contributed by atoms with E-state index in [1.165, 1.54) is 0 Å². The first kappa shape index (κ1) is 17.3. The van der Waals surface area contributed by atoms with Gasteiger partial charge in [-0.2, -0.15) is 0 Å². The topological polar surface area (TPSA) is 116 Å². The van der Waals surface area contributed by atoms with E-state index in [1.807, 2.05) is 0 Å². The van der Waals surface area contributed by atoms with Gasteiger partial charge in [-0.05, 0) is 17.7 Å². The number of para-hydroxylation sites is 2. The smallest absolute Gasteiger partial charge is 0.408 e. The van der Waals surface area contributed by atoms with Gasteiger partial charge >= 0.3 is 6.09 Å². The zero-order chi connectivity index (χ0) is 17.5. The molecule has 7 nitrogen and oxygen atoms in total. The lowest BCUT2D eigenvalue weighted by molar-refractivity contribution is -0.121. The minimum absolute atomic E-state index is 0.188.